The Labute approximate surface area is 175 Å². The molecular formula is C18H17ClN4O3S2. The SMILES string of the molecule is COc1nnc(NC(=O)c2cnc(C)cc2-c2cc(Cl)c(SC)cc2OC)s1. The normalized spacial score (nSPS) is 10.6. The molecule has 0 aliphatic heterocycles. The standard InChI is InChI=1S/C18H17ClN4O3S2/c1-9-5-10(11-6-13(19)15(27-4)7-14(11)25-2)12(8-20-9)16(24)21-17-22-23-18(26-3)28-17/h5-8H,1-4H3,(H,21,22,24). The highest BCUT2D eigenvalue weighted by Crippen LogP contribution is 2.39. The van der Waals surface area contributed by atoms with Crippen LogP contribution < -0.4 is 14.8 Å². The highest BCUT2D eigenvalue weighted by molar-refractivity contribution is 7.98. The zero-order valence-corrected chi connectivity index (χ0v) is 18.0. The molecule has 1 N–H and O–H groups in total. The van der Waals surface area contributed by atoms with E-state index >= 15 is 0 Å². The predicted molar refractivity (Wildman–Crippen MR) is 112 cm³/mol. The van der Waals surface area contributed by atoms with Gasteiger partial charge in [-0.2, -0.15) is 0 Å². The Bertz CT molecular complexity index is 1030. The second-order valence-corrected chi connectivity index (χ2v) is 7.79. The van der Waals surface area contributed by atoms with Crippen molar-refractivity contribution in [2.24, 2.45) is 0 Å². The molecule has 7 nitrogen and oxygen atoms in total. The number of ether oxygens (including phenoxy) is 2. The van der Waals surface area contributed by atoms with Crippen LogP contribution in [0.3, 0.4) is 0 Å². The topological polar surface area (TPSA) is 86.2 Å². The minimum atomic E-state index is -0.367. The first-order chi connectivity index (χ1) is 13.5. The van der Waals surface area contributed by atoms with Gasteiger partial charge in [-0.25, -0.2) is 0 Å². The van der Waals surface area contributed by atoms with Crippen molar-refractivity contribution in [3.05, 3.63) is 40.7 Å². The lowest BCUT2D eigenvalue weighted by atomic mass is 9.99. The number of rotatable bonds is 6. The van der Waals surface area contributed by atoms with E-state index in [0.717, 1.165) is 21.9 Å². The maximum atomic E-state index is 12.9. The molecule has 0 saturated carbocycles. The van der Waals surface area contributed by atoms with Crippen LogP contribution in [0, 0.1) is 6.92 Å². The number of pyridine rings is 1. The summed E-state index contributed by atoms with van der Waals surface area (Å²) in [4.78, 5) is 18.0. The summed E-state index contributed by atoms with van der Waals surface area (Å²) in [5.74, 6) is 0.249. The second kappa shape index (κ2) is 8.76. The Morgan fingerprint density at radius 2 is 1.96 bits per heavy atom. The van der Waals surface area contributed by atoms with Crippen molar-refractivity contribution < 1.29 is 14.3 Å². The zero-order chi connectivity index (χ0) is 20.3. The first kappa shape index (κ1) is 20.4. The predicted octanol–water partition coefficient (Wildman–Crippen LogP) is 4.55. The minimum absolute atomic E-state index is 0.330. The van der Waals surface area contributed by atoms with Crippen LogP contribution >= 0.6 is 34.7 Å². The Balaban J connectivity index is 2.06. The third kappa shape index (κ3) is 4.21. The molecular weight excluding hydrogens is 420 g/mol. The molecule has 2 aromatic heterocycles. The van der Waals surface area contributed by atoms with Gasteiger partial charge in [0.15, 0.2) is 0 Å². The van der Waals surface area contributed by atoms with E-state index in [2.05, 4.69) is 20.5 Å². The largest absolute Gasteiger partial charge is 0.496 e. The van der Waals surface area contributed by atoms with Gasteiger partial charge in [0.05, 0.1) is 24.8 Å². The molecule has 0 atom stereocenters. The van der Waals surface area contributed by atoms with E-state index in [1.165, 1.54) is 25.1 Å². The second-order valence-electron chi connectivity index (χ2n) is 5.59. The number of nitrogens with zero attached hydrogens (tertiary/aromatic N) is 3. The van der Waals surface area contributed by atoms with E-state index in [9.17, 15) is 4.79 Å². The Hall–Kier alpha value is -2.36. The van der Waals surface area contributed by atoms with Gasteiger partial charge in [-0.3, -0.25) is 15.1 Å². The average Bonchev–Trinajstić information content (AvgIpc) is 3.15. The fourth-order valence-corrected chi connectivity index (χ4v) is 3.97. The number of benzene rings is 1. The molecule has 0 fully saturated rings. The lowest BCUT2D eigenvalue weighted by Crippen LogP contribution is -2.14. The summed E-state index contributed by atoms with van der Waals surface area (Å²) in [6, 6.07) is 5.48. The fourth-order valence-electron chi connectivity index (χ4n) is 2.54. The average molecular weight is 437 g/mol. The number of anilines is 1. The number of carbonyl (C=O) groups excluding carboxylic acids is 1. The van der Waals surface area contributed by atoms with Crippen molar-refractivity contribution in [3.63, 3.8) is 0 Å². The summed E-state index contributed by atoms with van der Waals surface area (Å²) in [7, 11) is 3.07. The van der Waals surface area contributed by atoms with E-state index in [-0.39, 0.29) is 5.91 Å². The fraction of sp³-hybridized carbons (Fsp3) is 0.222. The first-order valence-corrected chi connectivity index (χ1v) is 10.5. The van der Waals surface area contributed by atoms with Crippen LogP contribution in [0.25, 0.3) is 11.1 Å². The van der Waals surface area contributed by atoms with Crippen LogP contribution in [0.15, 0.2) is 29.3 Å². The molecule has 0 unspecified atom stereocenters. The van der Waals surface area contributed by atoms with Crippen molar-refractivity contribution in [2.45, 2.75) is 11.8 Å². The molecule has 0 spiro atoms. The summed E-state index contributed by atoms with van der Waals surface area (Å²) < 4.78 is 10.6. The Kier molecular flexibility index (Phi) is 6.38. The van der Waals surface area contributed by atoms with Crippen LogP contribution in [-0.2, 0) is 0 Å². The van der Waals surface area contributed by atoms with Gasteiger partial charge >= 0.3 is 0 Å². The smallest absolute Gasteiger partial charge is 0.295 e. The van der Waals surface area contributed by atoms with E-state index in [0.29, 0.717) is 37.8 Å². The number of hydrogen-bond donors (Lipinski definition) is 1. The van der Waals surface area contributed by atoms with Crippen molar-refractivity contribution in [1.29, 1.82) is 0 Å². The van der Waals surface area contributed by atoms with E-state index < -0.39 is 0 Å². The van der Waals surface area contributed by atoms with Gasteiger partial charge in [0.2, 0.25) is 5.13 Å². The molecule has 146 valence electrons. The molecule has 0 saturated heterocycles. The highest BCUT2D eigenvalue weighted by Gasteiger charge is 2.20. The Morgan fingerprint density at radius 3 is 2.61 bits per heavy atom. The molecule has 3 aromatic rings. The van der Waals surface area contributed by atoms with E-state index in [1.807, 2.05) is 25.3 Å². The van der Waals surface area contributed by atoms with E-state index in [4.69, 9.17) is 21.1 Å². The third-order valence-corrected chi connectivity index (χ3v) is 5.85. The number of aryl methyl sites for hydroxylation is 1. The van der Waals surface area contributed by atoms with E-state index in [1.54, 1.807) is 13.2 Å². The van der Waals surface area contributed by atoms with Crippen molar-refractivity contribution >= 4 is 45.7 Å². The third-order valence-electron chi connectivity index (χ3n) is 3.85. The monoisotopic (exact) mass is 436 g/mol. The van der Waals surface area contributed by atoms with Crippen molar-refractivity contribution in [3.8, 4) is 22.1 Å². The van der Waals surface area contributed by atoms with Crippen molar-refractivity contribution in [2.75, 3.05) is 25.8 Å². The molecule has 3 rings (SSSR count). The highest BCUT2D eigenvalue weighted by atomic mass is 35.5. The number of methoxy groups -OCH3 is 2. The van der Waals surface area contributed by atoms with Crippen LogP contribution in [0.1, 0.15) is 16.1 Å². The first-order valence-electron chi connectivity index (χ1n) is 8.04. The number of thioether (sulfide) groups is 1. The van der Waals surface area contributed by atoms with Gasteiger partial charge in [-0.1, -0.05) is 16.7 Å². The van der Waals surface area contributed by atoms with Gasteiger partial charge in [0.1, 0.15) is 5.75 Å². The van der Waals surface area contributed by atoms with Gasteiger partial charge in [-0.05, 0) is 42.7 Å². The van der Waals surface area contributed by atoms with Gasteiger partial charge in [0, 0.05) is 27.9 Å². The number of halogens is 1. The van der Waals surface area contributed by atoms with Gasteiger partial charge in [0.25, 0.3) is 11.1 Å². The number of hydrogen-bond acceptors (Lipinski definition) is 8. The maximum Gasteiger partial charge on any atom is 0.295 e. The quantitative estimate of drug-likeness (QED) is 0.567. The molecule has 1 amide bonds. The van der Waals surface area contributed by atoms with Crippen LogP contribution in [-0.4, -0.2) is 41.6 Å². The van der Waals surface area contributed by atoms with Gasteiger partial charge in [-0.15, -0.1) is 16.9 Å². The summed E-state index contributed by atoms with van der Waals surface area (Å²) >= 11 is 9.06. The molecule has 28 heavy (non-hydrogen) atoms. The molecule has 10 heteroatoms. The summed E-state index contributed by atoms with van der Waals surface area (Å²) in [5, 5.41) is 11.7. The molecule has 0 aliphatic rings. The van der Waals surface area contributed by atoms with Crippen LogP contribution in [0.4, 0.5) is 5.13 Å². The van der Waals surface area contributed by atoms with Crippen LogP contribution in [0.5, 0.6) is 10.9 Å². The lowest BCUT2D eigenvalue weighted by molar-refractivity contribution is 0.102. The van der Waals surface area contributed by atoms with Crippen LogP contribution in [0.2, 0.25) is 5.02 Å². The van der Waals surface area contributed by atoms with Gasteiger partial charge < -0.3 is 9.47 Å². The molecule has 0 radical (unpaired) electrons. The molecule has 0 bridgehead atoms. The molecule has 1 aromatic carbocycles. The summed E-state index contributed by atoms with van der Waals surface area (Å²) in [6.45, 7) is 1.85. The summed E-state index contributed by atoms with van der Waals surface area (Å²) in [6.07, 6.45) is 3.46. The minimum Gasteiger partial charge on any atom is -0.496 e. The molecule has 2 heterocycles. The number of carbonyl (C=O) groups is 1. The Morgan fingerprint density at radius 1 is 1.18 bits per heavy atom. The maximum absolute atomic E-state index is 12.9. The number of nitrogens with one attached hydrogen (secondary N) is 1. The van der Waals surface area contributed by atoms with Crippen molar-refractivity contribution in [1.82, 2.24) is 15.2 Å². The lowest BCUT2D eigenvalue weighted by Gasteiger charge is -2.15. The number of amides is 1. The summed E-state index contributed by atoms with van der Waals surface area (Å²) in [5.41, 5.74) is 2.49. The molecule has 0 aliphatic carbocycles. The number of aromatic nitrogens is 3. The zero-order valence-electron chi connectivity index (χ0n) is 15.6.